The molecular weight excluding hydrogens is 382 g/mol. The zero-order valence-electron chi connectivity index (χ0n) is 16.9. The quantitative estimate of drug-likeness (QED) is 0.530. The summed E-state index contributed by atoms with van der Waals surface area (Å²) in [4.78, 5) is 12.4. The van der Waals surface area contributed by atoms with Crippen LogP contribution in [0.2, 0.25) is 0 Å². The van der Waals surface area contributed by atoms with Crippen molar-refractivity contribution in [3.63, 3.8) is 0 Å². The number of aliphatic hydroxyl groups is 1. The number of unbranched alkanes of at least 4 members (excludes halogenated alkanes) is 3. The highest BCUT2D eigenvalue weighted by Crippen LogP contribution is 2.31. The number of nitrogens with one attached hydrogen (secondary N) is 1. The van der Waals surface area contributed by atoms with Crippen LogP contribution in [0.5, 0.6) is 11.5 Å². The summed E-state index contributed by atoms with van der Waals surface area (Å²) in [6.07, 6.45) is 5.54. The van der Waals surface area contributed by atoms with Gasteiger partial charge in [0.2, 0.25) is 0 Å². The summed E-state index contributed by atoms with van der Waals surface area (Å²) >= 11 is 0. The maximum atomic E-state index is 12.4. The minimum absolute atomic E-state index is 0.0765. The Morgan fingerprint density at radius 3 is 2.83 bits per heavy atom. The molecule has 1 aromatic heterocycles. The number of ether oxygens (including phenoxy) is 2. The molecule has 0 spiro atoms. The van der Waals surface area contributed by atoms with Crippen molar-refractivity contribution >= 4 is 16.8 Å². The van der Waals surface area contributed by atoms with Crippen molar-refractivity contribution in [1.29, 1.82) is 0 Å². The lowest BCUT2D eigenvalue weighted by atomic mass is 10.1. The molecule has 7 nitrogen and oxygen atoms in total. The van der Waals surface area contributed by atoms with Crippen molar-refractivity contribution in [1.82, 2.24) is 15.1 Å². The van der Waals surface area contributed by atoms with Crippen LogP contribution >= 0.6 is 0 Å². The van der Waals surface area contributed by atoms with E-state index in [1.807, 2.05) is 47.3 Å². The summed E-state index contributed by atoms with van der Waals surface area (Å²) in [6, 6.07) is 13.2. The number of fused-ring (bicyclic) bond motifs is 2. The van der Waals surface area contributed by atoms with E-state index in [1.54, 1.807) is 6.07 Å². The third-order valence-electron chi connectivity index (χ3n) is 5.14. The molecule has 2 N–H and O–H groups in total. The first-order valence-electron chi connectivity index (χ1n) is 10.5. The maximum absolute atomic E-state index is 12.4. The fraction of sp³-hybridized carbons (Fsp3) is 0.391. The molecule has 1 unspecified atom stereocenters. The number of rotatable bonds is 9. The van der Waals surface area contributed by atoms with Gasteiger partial charge >= 0.3 is 0 Å². The molecule has 2 heterocycles. The molecule has 0 saturated heterocycles. The fourth-order valence-corrected chi connectivity index (χ4v) is 3.57. The van der Waals surface area contributed by atoms with Crippen molar-refractivity contribution in [3.8, 4) is 11.5 Å². The Labute approximate surface area is 175 Å². The number of hydrogen-bond acceptors (Lipinski definition) is 5. The van der Waals surface area contributed by atoms with Crippen molar-refractivity contribution in [2.75, 3.05) is 19.8 Å². The van der Waals surface area contributed by atoms with Gasteiger partial charge in [-0.2, -0.15) is 5.10 Å². The Bertz CT molecular complexity index is 1000. The number of amides is 1. The smallest absolute Gasteiger partial charge is 0.251 e. The van der Waals surface area contributed by atoms with E-state index in [1.165, 1.54) is 0 Å². The van der Waals surface area contributed by atoms with Gasteiger partial charge in [0.15, 0.2) is 17.6 Å². The molecule has 0 aliphatic carbocycles. The van der Waals surface area contributed by atoms with Crippen molar-refractivity contribution < 1.29 is 19.4 Å². The van der Waals surface area contributed by atoms with E-state index in [0.717, 1.165) is 48.1 Å². The first kappa shape index (κ1) is 20.2. The number of aromatic nitrogens is 2. The van der Waals surface area contributed by atoms with Crippen LogP contribution in [0.25, 0.3) is 10.9 Å². The lowest BCUT2D eigenvalue weighted by Gasteiger charge is -2.26. The topological polar surface area (TPSA) is 85.6 Å². The fourth-order valence-electron chi connectivity index (χ4n) is 3.57. The number of carbonyl (C=O) groups excluding carboxylic acids is 1. The van der Waals surface area contributed by atoms with Gasteiger partial charge in [-0.3, -0.25) is 9.48 Å². The van der Waals surface area contributed by atoms with Crippen LogP contribution in [-0.2, 0) is 6.54 Å². The Morgan fingerprint density at radius 1 is 1.13 bits per heavy atom. The molecule has 0 saturated carbocycles. The Kier molecular flexibility index (Phi) is 6.49. The van der Waals surface area contributed by atoms with Crippen LogP contribution in [0.3, 0.4) is 0 Å². The summed E-state index contributed by atoms with van der Waals surface area (Å²) in [5.41, 5.74) is 1.47. The van der Waals surface area contributed by atoms with Gasteiger partial charge < -0.3 is 19.9 Å². The van der Waals surface area contributed by atoms with E-state index in [4.69, 9.17) is 14.6 Å². The summed E-state index contributed by atoms with van der Waals surface area (Å²) < 4.78 is 13.6. The van der Waals surface area contributed by atoms with E-state index in [2.05, 4.69) is 10.4 Å². The number of nitrogens with zero attached hydrogens (tertiary/aromatic N) is 2. The molecular formula is C23H27N3O4. The van der Waals surface area contributed by atoms with Gasteiger partial charge in [0.05, 0.1) is 12.1 Å². The first-order chi connectivity index (χ1) is 14.7. The second-order valence-corrected chi connectivity index (χ2v) is 7.52. The SMILES string of the molecule is O=C(NCCCCCCO)c1ccc2nn(CC3COc4ccccc4O3)cc2c1. The molecule has 0 radical (unpaired) electrons. The number of benzene rings is 2. The third kappa shape index (κ3) is 4.91. The van der Waals surface area contributed by atoms with Crippen LogP contribution in [0.15, 0.2) is 48.7 Å². The van der Waals surface area contributed by atoms with Crippen LogP contribution < -0.4 is 14.8 Å². The molecule has 2 aromatic carbocycles. The minimum atomic E-state index is -0.122. The maximum Gasteiger partial charge on any atom is 0.251 e. The van der Waals surface area contributed by atoms with Crippen LogP contribution in [0, 0.1) is 0 Å². The lowest BCUT2D eigenvalue weighted by Crippen LogP contribution is -2.33. The molecule has 0 fully saturated rings. The van der Waals surface area contributed by atoms with E-state index in [-0.39, 0.29) is 18.6 Å². The normalized spacial score (nSPS) is 15.3. The van der Waals surface area contributed by atoms with E-state index in [9.17, 15) is 4.79 Å². The number of para-hydroxylation sites is 2. The first-order valence-corrected chi connectivity index (χ1v) is 10.5. The molecule has 1 atom stereocenters. The van der Waals surface area contributed by atoms with Crippen molar-refractivity contribution in [2.24, 2.45) is 0 Å². The van der Waals surface area contributed by atoms with Crippen molar-refractivity contribution in [2.45, 2.75) is 38.3 Å². The van der Waals surface area contributed by atoms with Gasteiger partial charge in [0.25, 0.3) is 5.91 Å². The molecule has 158 valence electrons. The highest BCUT2D eigenvalue weighted by Gasteiger charge is 2.21. The molecule has 7 heteroatoms. The summed E-state index contributed by atoms with van der Waals surface area (Å²) in [5.74, 6) is 1.44. The van der Waals surface area contributed by atoms with Gasteiger partial charge in [-0.05, 0) is 43.2 Å². The van der Waals surface area contributed by atoms with Crippen LogP contribution in [-0.4, -0.2) is 46.7 Å². The standard InChI is InChI=1S/C23H27N3O4/c27-12-6-2-1-5-11-24-23(28)17-9-10-20-18(13-17)14-26(25-20)15-19-16-29-21-7-3-4-8-22(21)30-19/h3-4,7-10,13-14,19,27H,1-2,5-6,11-12,15-16H2,(H,24,28). The largest absolute Gasteiger partial charge is 0.486 e. The number of aliphatic hydroxyl groups excluding tert-OH is 1. The average molecular weight is 409 g/mol. The highest BCUT2D eigenvalue weighted by atomic mass is 16.6. The Balaban J connectivity index is 1.34. The second kappa shape index (κ2) is 9.63. The Morgan fingerprint density at radius 2 is 1.97 bits per heavy atom. The molecule has 1 aliphatic rings. The summed E-state index contributed by atoms with van der Waals surface area (Å²) in [5, 5.41) is 17.3. The average Bonchev–Trinajstić information content (AvgIpc) is 3.17. The van der Waals surface area contributed by atoms with Crippen molar-refractivity contribution in [3.05, 3.63) is 54.2 Å². The van der Waals surface area contributed by atoms with Gasteiger partial charge in [-0.25, -0.2) is 0 Å². The molecule has 1 aliphatic heterocycles. The zero-order valence-corrected chi connectivity index (χ0v) is 16.9. The highest BCUT2D eigenvalue weighted by molar-refractivity contribution is 5.97. The lowest BCUT2D eigenvalue weighted by molar-refractivity contribution is 0.0760. The Hall–Kier alpha value is -3.06. The number of hydrogen-bond donors (Lipinski definition) is 2. The third-order valence-corrected chi connectivity index (χ3v) is 5.14. The molecule has 3 aromatic rings. The van der Waals surface area contributed by atoms with Gasteiger partial charge in [0, 0.05) is 30.3 Å². The zero-order chi connectivity index (χ0) is 20.8. The second-order valence-electron chi connectivity index (χ2n) is 7.52. The predicted molar refractivity (Wildman–Crippen MR) is 114 cm³/mol. The molecule has 30 heavy (non-hydrogen) atoms. The van der Waals surface area contributed by atoms with Gasteiger partial charge in [-0.15, -0.1) is 0 Å². The molecule has 0 bridgehead atoms. The van der Waals surface area contributed by atoms with E-state index in [0.29, 0.717) is 25.3 Å². The van der Waals surface area contributed by atoms with E-state index < -0.39 is 0 Å². The van der Waals surface area contributed by atoms with Crippen LogP contribution in [0.1, 0.15) is 36.0 Å². The summed E-state index contributed by atoms with van der Waals surface area (Å²) in [6.45, 7) is 1.91. The van der Waals surface area contributed by atoms with Gasteiger partial charge in [0.1, 0.15) is 6.61 Å². The monoisotopic (exact) mass is 409 g/mol. The molecule has 4 rings (SSSR count). The van der Waals surface area contributed by atoms with Crippen LogP contribution in [0.4, 0.5) is 0 Å². The number of carbonyl (C=O) groups is 1. The molecule has 1 amide bonds. The summed E-state index contributed by atoms with van der Waals surface area (Å²) in [7, 11) is 0. The predicted octanol–water partition coefficient (Wildman–Crippen LogP) is 3.16. The minimum Gasteiger partial charge on any atom is -0.486 e. The van der Waals surface area contributed by atoms with E-state index >= 15 is 0 Å². The van der Waals surface area contributed by atoms with Gasteiger partial charge in [-0.1, -0.05) is 25.0 Å².